The van der Waals surface area contributed by atoms with Crippen LogP contribution >= 0.6 is 0 Å². The van der Waals surface area contributed by atoms with Gasteiger partial charge in [0.25, 0.3) is 0 Å². The Balaban J connectivity index is 1.84. The SMILES string of the molecule is N#Cc1ccc2nc(-n3cnc4cnccc43)n(C3CC3)c2n1. The number of aromatic nitrogens is 6. The van der Waals surface area contributed by atoms with E-state index in [9.17, 15) is 0 Å². The second-order valence-corrected chi connectivity index (χ2v) is 5.64. The molecule has 5 rings (SSSR count). The van der Waals surface area contributed by atoms with Gasteiger partial charge in [-0.1, -0.05) is 0 Å². The van der Waals surface area contributed by atoms with Gasteiger partial charge < -0.3 is 0 Å². The van der Waals surface area contributed by atoms with Gasteiger partial charge in [0.2, 0.25) is 5.95 Å². The van der Waals surface area contributed by atoms with Crippen LogP contribution in [0.5, 0.6) is 0 Å². The van der Waals surface area contributed by atoms with Crippen molar-refractivity contribution in [2.75, 3.05) is 0 Å². The minimum Gasteiger partial charge on any atom is -0.291 e. The molecule has 0 atom stereocenters. The van der Waals surface area contributed by atoms with Crippen LogP contribution in [0.3, 0.4) is 0 Å². The fraction of sp³-hybridized carbons (Fsp3) is 0.188. The molecular formula is C16H11N7. The van der Waals surface area contributed by atoms with Crippen molar-refractivity contribution in [3.05, 3.63) is 42.6 Å². The van der Waals surface area contributed by atoms with Crippen LogP contribution in [-0.2, 0) is 0 Å². The summed E-state index contributed by atoms with van der Waals surface area (Å²) in [6.07, 6.45) is 7.45. The third-order valence-electron chi connectivity index (χ3n) is 4.11. The van der Waals surface area contributed by atoms with Crippen molar-refractivity contribution in [2.24, 2.45) is 0 Å². The fourth-order valence-electron chi connectivity index (χ4n) is 2.89. The Morgan fingerprint density at radius 1 is 1.13 bits per heavy atom. The van der Waals surface area contributed by atoms with Crippen LogP contribution in [-0.4, -0.2) is 29.1 Å². The summed E-state index contributed by atoms with van der Waals surface area (Å²) >= 11 is 0. The van der Waals surface area contributed by atoms with E-state index < -0.39 is 0 Å². The number of nitrogens with zero attached hydrogens (tertiary/aromatic N) is 7. The van der Waals surface area contributed by atoms with E-state index in [0.717, 1.165) is 41.0 Å². The first kappa shape index (κ1) is 12.3. The number of imidazole rings is 2. The molecule has 0 aliphatic heterocycles. The third kappa shape index (κ3) is 1.75. The summed E-state index contributed by atoms with van der Waals surface area (Å²) in [6, 6.07) is 7.96. The van der Waals surface area contributed by atoms with Crippen LogP contribution in [0.1, 0.15) is 24.6 Å². The molecule has 4 aromatic rings. The average molecular weight is 301 g/mol. The molecule has 7 nitrogen and oxygen atoms in total. The van der Waals surface area contributed by atoms with E-state index in [-0.39, 0.29) is 0 Å². The van der Waals surface area contributed by atoms with E-state index >= 15 is 0 Å². The summed E-state index contributed by atoms with van der Waals surface area (Å²) < 4.78 is 4.08. The largest absolute Gasteiger partial charge is 0.291 e. The van der Waals surface area contributed by atoms with Crippen molar-refractivity contribution in [1.29, 1.82) is 5.26 Å². The summed E-state index contributed by atoms with van der Waals surface area (Å²) in [4.78, 5) is 17.7. The van der Waals surface area contributed by atoms with Crippen molar-refractivity contribution in [3.8, 4) is 12.0 Å². The lowest BCUT2D eigenvalue weighted by Gasteiger charge is -2.08. The summed E-state index contributed by atoms with van der Waals surface area (Å²) in [5.74, 6) is 0.791. The van der Waals surface area contributed by atoms with Gasteiger partial charge in [0.1, 0.15) is 29.1 Å². The minimum absolute atomic E-state index is 0.385. The Hall–Kier alpha value is -3.27. The topological polar surface area (TPSA) is 85.2 Å². The van der Waals surface area contributed by atoms with Gasteiger partial charge in [-0.2, -0.15) is 5.26 Å². The lowest BCUT2D eigenvalue weighted by Crippen LogP contribution is -2.05. The Labute approximate surface area is 130 Å². The fourth-order valence-corrected chi connectivity index (χ4v) is 2.89. The van der Waals surface area contributed by atoms with Gasteiger partial charge >= 0.3 is 0 Å². The molecule has 1 aliphatic rings. The highest BCUT2D eigenvalue weighted by atomic mass is 15.3. The molecule has 0 radical (unpaired) electrons. The van der Waals surface area contributed by atoms with Gasteiger partial charge in [0.05, 0.1) is 11.7 Å². The van der Waals surface area contributed by atoms with E-state index in [0.29, 0.717) is 11.7 Å². The van der Waals surface area contributed by atoms with Gasteiger partial charge in [-0.25, -0.2) is 15.0 Å². The Kier molecular flexibility index (Phi) is 2.33. The Morgan fingerprint density at radius 2 is 2.04 bits per heavy atom. The van der Waals surface area contributed by atoms with E-state index in [1.807, 2.05) is 16.7 Å². The molecule has 7 heteroatoms. The second kappa shape index (κ2) is 4.36. The van der Waals surface area contributed by atoms with E-state index in [2.05, 4.69) is 25.6 Å². The molecule has 4 heterocycles. The zero-order valence-corrected chi connectivity index (χ0v) is 12.1. The Bertz CT molecular complexity index is 1090. The molecular weight excluding hydrogens is 290 g/mol. The number of fused-ring (bicyclic) bond motifs is 2. The lowest BCUT2D eigenvalue weighted by atomic mass is 10.3. The number of nitriles is 1. The van der Waals surface area contributed by atoms with Gasteiger partial charge in [-0.15, -0.1) is 0 Å². The maximum absolute atomic E-state index is 9.11. The van der Waals surface area contributed by atoms with Crippen molar-refractivity contribution < 1.29 is 0 Å². The van der Waals surface area contributed by atoms with Gasteiger partial charge in [-0.05, 0) is 31.0 Å². The molecule has 0 saturated heterocycles. The zero-order chi connectivity index (χ0) is 15.4. The van der Waals surface area contributed by atoms with Crippen molar-refractivity contribution in [1.82, 2.24) is 29.1 Å². The summed E-state index contributed by atoms with van der Waals surface area (Å²) in [5, 5.41) is 9.11. The van der Waals surface area contributed by atoms with Crippen molar-refractivity contribution in [2.45, 2.75) is 18.9 Å². The number of rotatable bonds is 2. The molecule has 1 saturated carbocycles. The third-order valence-corrected chi connectivity index (χ3v) is 4.11. The van der Waals surface area contributed by atoms with E-state index in [1.165, 1.54) is 0 Å². The smallest absolute Gasteiger partial charge is 0.218 e. The van der Waals surface area contributed by atoms with Crippen LogP contribution in [0.15, 0.2) is 36.9 Å². The van der Waals surface area contributed by atoms with Gasteiger partial charge in [0.15, 0.2) is 5.65 Å². The summed E-state index contributed by atoms with van der Waals surface area (Å²) in [7, 11) is 0. The molecule has 1 fully saturated rings. The molecule has 1 aliphatic carbocycles. The molecule has 0 amide bonds. The standard InChI is InChI=1S/C16H11N7/c17-7-10-1-4-12-15(20-10)23(11-2-3-11)16(21-12)22-9-19-13-8-18-6-5-14(13)22/h1,4-6,8-9,11H,2-3H2. The van der Waals surface area contributed by atoms with Crippen molar-refractivity contribution >= 4 is 22.2 Å². The summed E-state index contributed by atoms with van der Waals surface area (Å²) in [5.41, 5.74) is 3.75. The van der Waals surface area contributed by atoms with Crippen LogP contribution in [0, 0.1) is 11.3 Å². The summed E-state index contributed by atoms with van der Waals surface area (Å²) in [6.45, 7) is 0. The molecule has 4 aromatic heterocycles. The van der Waals surface area contributed by atoms with Gasteiger partial charge in [-0.3, -0.25) is 14.1 Å². The molecule has 23 heavy (non-hydrogen) atoms. The van der Waals surface area contributed by atoms with Crippen LogP contribution in [0.25, 0.3) is 28.1 Å². The highest BCUT2D eigenvalue weighted by molar-refractivity contribution is 5.78. The molecule has 0 spiro atoms. The highest BCUT2D eigenvalue weighted by Gasteiger charge is 2.30. The predicted octanol–water partition coefficient (Wildman–Crippen LogP) is 2.37. The highest BCUT2D eigenvalue weighted by Crippen LogP contribution is 2.39. The monoisotopic (exact) mass is 301 g/mol. The molecule has 0 N–H and O–H groups in total. The first-order valence-electron chi connectivity index (χ1n) is 7.41. The lowest BCUT2D eigenvalue weighted by molar-refractivity contribution is 0.721. The quantitative estimate of drug-likeness (QED) is 0.567. The van der Waals surface area contributed by atoms with Gasteiger partial charge in [0, 0.05) is 12.2 Å². The second-order valence-electron chi connectivity index (χ2n) is 5.64. The first-order chi connectivity index (χ1) is 11.3. The Morgan fingerprint density at radius 3 is 2.87 bits per heavy atom. The van der Waals surface area contributed by atoms with E-state index in [4.69, 9.17) is 10.2 Å². The predicted molar refractivity (Wildman–Crippen MR) is 82.9 cm³/mol. The number of hydrogen-bond donors (Lipinski definition) is 0. The van der Waals surface area contributed by atoms with Crippen LogP contribution in [0.2, 0.25) is 0 Å². The molecule has 0 unspecified atom stereocenters. The maximum atomic E-state index is 9.11. The molecule has 110 valence electrons. The maximum Gasteiger partial charge on any atom is 0.218 e. The van der Waals surface area contributed by atoms with Crippen LogP contribution in [0.4, 0.5) is 0 Å². The number of hydrogen-bond acceptors (Lipinski definition) is 5. The van der Waals surface area contributed by atoms with Crippen LogP contribution < -0.4 is 0 Å². The molecule has 0 aromatic carbocycles. The minimum atomic E-state index is 0.385. The molecule has 0 bridgehead atoms. The van der Waals surface area contributed by atoms with E-state index in [1.54, 1.807) is 24.8 Å². The normalized spacial score (nSPS) is 14.4. The number of pyridine rings is 2. The average Bonchev–Trinajstić information content (AvgIpc) is 3.22. The zero-order valence-electron chi connectivity index (χ0n) is 12.1. The van der Waals surface area contributed by atoms with Crippen molar-refractivity contribution in [3.63, 3.8) is 0 Å². The first-order valence-corrected chi connectivity index (χ1v) is 7.41.